The summed E-state index contributed by atoms with van der Waals surface area (Å²) < 4.78 is 0. The number of hydrogen-bond donors (Lipinski definition) is 3. The highest BCUT2D eigenvalue weighted by Gasteiger charge is 2.45. The van der Waals surface area contributed by atoms with Crippen molar-refractivity contribution in [1.82, 2.24) is 0 Å². The van der Waals surface area contributed by atoms with Gasteiger partial charge in [-0.2, -0.15) is 0 Å². The van der Waals surface area contributed by atoms with E-state index in [0.29, 0.717) is 0 Å². The number of carboxylic acids is 2. The minimum atomic E-state index is -2.20. The van der Waals surface area contributed by atoms with Crippen molar-refractivity contribution in [2.24, 2.45) is 5.41 Å². The zero-order valence-electron chi connectivity index (χ0n) is 6.98. The number of aliphatic hydroxyl groups is 1. The molecule has 0 saturated carbocycles. The Labute approximate surface area is 73.8 Å². The zero-order chi connectivity index (χ0) is 10.6. The Morgan fingerprint density at radius 3 is 1.77 bits per heavy atom. The molecule has 74 valence electrons. The van der Waals surface area contributed by atoms with Crippen molar-refractivity contribution in [3.63, 3.8) is 0 Å². The molecule has 0 aromatic rings. The molecule has 0 bridgehead atoms. The lowest BCUT2D eigenvalue weighted by Gasteiger charge is -2.21. The predicted octanol–water partition coefficient (Wildman–Crippen LogP) is -0.887. The van der Waals surface area contributed by atoms with Gasteiger partial charge < -0.3 is 15.3 Å². The number of carbonyl (C=O) groups excluding carboxylic acids is 1. The van der Waals surface area contributed by atoms with E-state index < -0.39 is 36.2 Å². The summed E-state index contributed by atoms with van der Waals surface area (Å²) in [7, 11) is 0. The molecule has 13 heavy (non-hydrogen) atoms. The van der Waals surface area contributed by atoms with E-state index in [2.05, 4.69) is 0 Å². The lowest BCUT2D eigenvalue weighted by atomic mass is 9.81. The molecule has 1 atom stereocenters. The average Bonchev–Trinajstić information content (AvgIpc) is 1.98. The Kier molecular flexibility index (Phi) is 3.55. The summed E-state index contributed by atoms with van der Waals surface area (Å²) in [6, 6.07) is 0. The van der Waals surface area contributed by atoms with Crippen LogP contribution in [-0.2, 0) is 14.4 Å². The van der Waals surface area contributed by atoms with Gasteiger partial charge in [0.15, 0.2) is 5.41 Å². The monoisotopic (exact) mass is 190 g/mol. The lowest BCUT2D eigenvalue weighted by Crippen LogP contribution is -2.43. The van der Waals surface area contributed by atoms with Gasteiger partial charge in [-0.25, -0.2) is 0 Å². The largest absolute Gasteiger partial charge is 0.481 e. The molecule has 3 N–H and O–H groups in total. The van der Waals surface area contributed by atoms with E-state index in [9.17, 15) is 14.4 Å². The molecule has 0 saturated heterocycles. The first kappa shape index (κ1) is 11.6. The van der Waals surface area contributed by atoms with Crippen LogP contribution in [0.25, 0.3) is 0 Å². The summed E-state index contributed by atoms with van der Waals surface area (Å²) in [5, 5.41) is 25.7. The van der Waals surface area contributed by atoms with Crippen molar-refractivity contribution in [3.8, 4) is 0 Å². The minimum Gasteiger partial charge on any atom is -0.481 e. The van der Waals surface area contributed by atoms with Crippen LogP contribution in [0, 0.1) is 5.41 Å². The first-order valence-corrected chi connectivity index (χ1v) is 3.44. The van der Waals surface area contributed by atoms with E-state index in [1.165, 1.54) is 0 Å². The Balaban J connectivity index is 4.98. The molecule has 0 aromatic heterocycles. The molecule has 0 amide bonds. The van der Waals surface area contributed by atoms with Gasteiger partial charge in [0.1, 0.15) is 5.78 Å². The van der Waals surface area contributed by atoms with Crippen LogP contribution < -0.4 is 0 Å². The number of Topliss-reactive ketones (excluding diaryl/α,β-unsaturated/α-hetero) is 1. The number of aliphatic carboxylic acids is 2. The molecule has 0 rings (SSSR count). The van der Waals surface area contributed by atoms with Crippen molar-refractivity contribution in [3.05, 3.63) is 0 Å². The highest BCUT2D eigenvalue weighted by atomic mass is 16.4. The number of hydrogen-bond acceptors (Lipinski definition) is 4. The first-order valence-electron chi connectivity index (χ1n) is 3.44. The van der Waals surface area contributed by atoms with E-state index in [-0.39, 0.29) is 0 Å². The Morgan fingerprint density at radius 2 is 1.69 bits per heavy atom. The number of aliphatic hydroxyl groups excluding tert-OH is 1. The van der Waals surface area contributed by atoms with Crippen molar-refractivity contribution < 1.29 is 29.7 Å². The third-order valence-electron chi connectivity index (χ3n) is 1.81. The molecule has 0 radical (unpaired) electrons. The summed E-state index contributed by atoms with van der Waals surface area (Å²) >= 11 is 0. The fourth-order valence-electron chi connectivity index (χ4n) is 0.844. The normalized spacial score (nSPS) is 14.6. The molecule has 6 heteroatoms. The molecule has 0 aliphatic carbocycles. The Hall–Kier alpha value is -1.43. The molecular formula is C7H10O6. The summed E-state index contributed by atoms with van der Waals surface area (Å²) in [6.45, 7) is -0.0722. The van der Waals surface area contributed by atoms with Gasteiger partial charge in [0.2, 0.25) is 0 Å². The van der Waals surface area contributed by atoms with Gasteiger partial charge in [-0.05, 0) is 6.92 Å². The van der Waals surface area contributed by atoms with Crippen molar-refractivity contribution in [2.45, 2.75) is 13.3 Å². The minimum absolute atomic E-state index is 0.870. The first-order chi connectivity index (χ1) is 5.86. The number of ketones is 1. The molecule has 1 unspecified atom stereocenters. The maximum Gasteiger partial charge on any atom is 0.320 e. The van der Waals surface area contributed by atoms with Gasteiger partial charge >= 0.3 is 11.9 Å². The summed E-state index contributed by atoms with van der Waals surface area (Å²) in [6.07, 6.45) is -0.909. The summed E-state index contributed by atoms with van der Waals surface area (Å²) in [5.74, 6) is -3.93. The smallest absolute Gasteiger partial charge is 0.320 e. The van der Waals surface area contributed by atoms with E-state index in [1.807, 2.05) is 0 Å². The lowest BCUT2D eigenvalue weighted by molar-refractivity contribution is -0.163. The van der Waals surface area contributed by atoms with E-state index in [1.54, 1.807) is 0 Å². The van der Waals surface area contributed by atoms with Gasteiger partial charge in [0, 0.05) is 0 Å². The van der Waals surface area contributed by atoms with Crippen molar-refractivity contribution in [1.29, 1.82) is 0 Å². The summed E-state index contributed by atoms with van der Waals surface area (Å²) in [4.78, 5) is 31.7. The van der Waals surface area contributed by atoms with Gasteiger partial charge in [0.25, 0.3) is 0 Å². The van der Waals surface area contributed by atoms with Crippen molar-refractivity contribution >= 4 is 17.7 Å². The van der Waals surface area contributed by atoms with E-state index >= 15 is 0 Å². The SMILES string of the molecule is CC(=O)C(CO)(CC(=O)O)C(=O)O. The second-order valence-electron chi connectivity index (χ2n) is 2.67. The summed E-state index contributed by atoms with van der Waals surface area (Å²) in [5.41, 5.74) is -2.20. The third-order valence-corrected chi connectivity index (χ3v) is 1.81. The molecule has 0 aliphatic heterocycles. The number of carboxylic acid groups (broad SMARTS) is 2. The average molecular weight is 190 g/mol. The second kappa shape index (κ2) is 3.99. The third kappa shape index (κ3) is 2.25. The molecular weight excluding hydrogens is 180 g/mol. The van der Waals surface area contributed by atoms with Gasteiger partial charge in [-0.3, -0.25) is 14.4 Å². The van der Waals surface area contributed by atoms with E-state index in [0.717, 1.165) is 6.92 Å². The molecule has 0 heterocycles. The van der Waals surface area contributed by atoms with Crippen LogP contribution in [0.15, 0.2) is 0 Å². The van der Waals surface area contributed by atoms with Gasteiger partial charge in [0.05, 0.1) is 13.0 Å². The van der Waals surface area contributed by atoms with Crippen LogP contribution in [0.1, 0.15) is 13.3 Å². The van der Waals surface area contributed by atoms with Crippen LogP contribution >= 0.6 is 0 Å². The molecule has 6 nitrogen and oxygen atoms in total. The van der Waals surface area contributed by atoms with Crippen LogP contribution in [0.5, 0.6) is 0 Å². The van der Waals surface area contributed by atoms with Gasteiger partial charge in [-0.1, -0.05) is 0 Å². The van der Waals surface area contributed by atoms with Gasteiger partial charge in [-0.15, -0.1) is 0 Å². The van der Waals surface area contributed by atoms with Crippen LogP contribution in [0.2, 0.25) is 0 Å². The maximum atomic E-state index is 10.9. The topological polar surface area (TPSA) is 112 Å². The van der Waals surface area contributed by atoms with Crippen LogP contribution in [-0.4, -0.2) is 39.6 Å². The van der Waals surface area contributed by atoms with Crippen molar-refractivity contribution in [2.75, 3.05) is 6.61 Å². The highest BCUT2D eigenvalue weighted by molar-refractivity contribution is 6.04. The molecule has 0 fully saturated rings. The zero-order valence-corrected chi connectivity index (χ0v) is 6.98. The Morgan fingerprint density at radius 1 is 1.23 bits per heavy atom. The Bertz CT molecular complexity index is 229. The molecule has 0 aromatic carbocycles. The fraction of sp³-hybridized carbons (Fsp3) is 0.571. The number of rotatable bonds is 5. The number of carbonyl (C=O) groups is 3. The fourth-order valence-corrected chi connectivity index (χ4v) is 0.844. The molecule has 0 spiro atoms. The molecule has 0 aliphatic rings. The van der Waals surface area contributed by atoms with E-state index in [4.69, 9.17) is 15.3 Å². The van der Waals surface area contributed by atoms with Crippen LogP contribution in [0.4, 0.5) is 0 Å². The standard InChI is InChI=1S/C7H10O6/c1-4(9)7(3-8,6(12)13)2-5(10)11/h8H,2-3H2,1H3,(H,10,11)(H,12,13). The van der Waals surface area contributed by atoms with Crippen LogP contribution in [0.3, 0.4) is 0 Å². The highest BCUT2D eigenvalue weighted by Crippen LogP contribution is 2.23. The maximum absolute atomic E-state index is 10.9. The second-order valence-corrected chi connectivity index (χ2v) is 2.67. The predicted molar refractivity (Wildman–Crippen MR) is 40.1 cm³/mol. The quantitative estimate of drug-likeness (QED) is 0.485.